The molecule has 37 heavy (non-hydrogen) atoms. The van der Waals surface area contributed by atoms with Crippen LogP contribution in [0.4, 0.5) is 0 Å². The standard InChI is InChI=1S/C33H54O4/c1-30(2,22-34)16-10-14-26-20-32(5,6)18-24(28(26)36)12-9-13-25-19-33(7,8)21-27(29(25)37)15-11-17-31(3,4)23-35/h18-21,28,34-36H,9-17,22-23H2,1-8H3. The van der Waals surface area contributed by atoms with Gasteiger partial charge in [-0.05, 0) is 90.9 Å². The fourth-order valence-corrected chi connectivity index (χ4v) is 5.63. The number of rotatable bonds is 14. The molecule has 2 aliphatic rings. The van der Waals surface area contributed by atoms with Gasteiger partial charge in [0.15, 0.2) is 5.78 Å². The van der Waals surface area contributed by atoms with Crippen molar-refractivity contribution in [2.24, 2.45) is 21.7 Å². The molecule has 0 aromatic heterocycles. The third kappa shape index (κ3) is 9.96. The monoisotopic (exact) mass is 514 g/mol. The predicted molar refractivity (Wildman–Crippen MR) is 154 cm³/mol. The SMILES string of the molecule is CC1(C)C=C(CCCC2=CC(C)(C)C=C(CCCC(C)(C)CO)C2O)C(=O)C(CCCC(C)(C)CO)=C1. The Morgan fingerprint density at radius 2 is 1.05 bits per heavy atom. The van der Waals surface area contributed by atoms with Crippen LogP contribution in [0, 0.1) is 21.7 Å². The normalized spacial score (nSPS) is 21.8. The van der Waals surface area contributed by atoms with Crippen LogP contribution in [0.2, 0.25) is 0 Å². The number of carbonyl (C=O) groups excluding carboxylic acids is 1. The maximum atomic E-state index is 13.3. The van der Waals surface area contributed by atoms with Gasteiger partial charge in [-0.1, -0.05) is 79.7 Å². The average Bonchev–Trinajstić information content (AvgIpc) is 2.78. The van der Waals surface area contributed by atoms with Crippen LogP contribution in [0.1, 0.15) is 113 Å². The summed E-state index contributed by atoms with van der Waals surface area (Å²) >= 11 is 0. The molecule has 1 atom stereocenters. The van der Waals surface area contributed by atoms with Crippen molar-refractivity contribution in [2.75, 3.05) is 13.2 Å². The van der Waals surface area contributed by atoms with E-state index in [1.165, 1.54) is 0 Å². The Labute approximate surface area is 226 Å². The van der Waals surface area contributed by atoms with Gasteiger partial charge in [-0.2, -0.15) is 0 Å². The molecule has 0 fully saturated rings. The lowest BCUT2D eigenvalue weighted by molar-refractivity contribution is -0.112. The number of carbonyl (C=O) groups is 1. The van der Waals surface area contributed by atoms with Gasteiger partial charge in [0.2, 0.25) is 0 Å². The minimum absolute atomic E-state index is 0.0925. The highest BCUT2D eigenvalue weighted by Crippen LogP contribution is 2.38. The largest absolute Gasteiger partial charge is 0.396 e. The maximum absolute atomic E-state index is 13.3. The second-order valence-electron chi connectivity index (χ2n) is 14.4. The summed E-state index contributed by atoms with van der Waals surface area (Å²) < 4.78 is 0. The summed E-state index contributed by atoms with van der Waals surface area (Å²) in [6.07, 6.45) is 15.7. The van der Waals surface area contributed by atoms with Gasteiger partial charge in [-0.3, -0.25) is 4.79 Å². The van der Waals surface area contributed by atoms with E-state index in [0.717, 1.165) is 80.1 Å². The van der Waals surface area contributed by atoms with Crippen molar-refractivity contribution in [3.63, 3.8) is 0 Å². The zero-order valence-corrected chi connectivity index (χ0v) is 24.9. The Balaban J connectivity index is 1.98. The second-order valence-corrected chi connectivity index (χ2v) is 14.4. The third-order valence-electron chi connectivity index (χ3n) is 7.88. The third-order valence-corrected chi connectivity index (χ3v) is 7.88. The first-order valence-electron chi connectivity index (χ1n) is 14.3. The molecule has 0 saturated carbocycles. The molecule has 0 aliphatic heterocycles. The number of Topliss-reactive ketones (excluding diaryl/α,β-unsaturated/α-hetero) is 1. The lowest BCUT2D eigenvalue weighted by Gasteiger charge is -2.31. The van der Waals surface area contributed by atoms with Crippen molar-refractivity contribution in [2.45, 2.75) is 119 Å². The average molecular weight is 515 g/mol. The highest BCUT2D eigenvalue weighted by atomic mass is 16.3. The van der Waals surface area contributed by atoms with Gasteiger partial charge in [0.25, 0.3) is 0 Å². The van der Waals surface area contributed by atoms with Gasteiger partial charge in [-0.25, -0.2) is 0 Å². The summed E-state index contributed by atoms with van der Waals surface area (Å²) in [5, 5.41) is 30.2. The van der Waals surface area contributed by atoms with E-state index < -0.39 is 6.10 Å². The van der Waals surface area contributed by atoms with Gasteiger partial charge in [0, 0.05) is 24.0 Å². The molecule has 2 rings (SSSR count). The minimum atomic E-state index is -0.553. The zero-order chi connectivity index (χ0) is 28.1. The summed E-state index contributed by atoms with van der Waals surface area (Å²) in [7, 11) is 0. The van der Waals surface area contributed by atoms with Crippen LogP contribution in [0.3, 0.4) is 0 Å². The van der Waals surface area contributed by atoms with Crippen LogP contribution in [0.15, 0.2) is 46.6 Å². The summed E-state index contributed by atoms with van der Waals surface area (Å²) in [5.74, 6) is 0.173. The number of aliphatic hydroxyl groups is 3. The van der Waals surface area contributed by atoms with E-state index in [4.69, 9.17) is 0 Å². The molecule has 4 heteroatoms. The van der Waals surface area contributed by atoms with Gasteiger partial charge < -0.3 is 15.3 Å². The first-order valence-corrected chi connectivity index (χ1v) is 14.3. The zero-order valence-electron chi connectivity index (χ0n) is 24.9. The molecular formula is C33H54O4. The van der Waals surface area contributed by atoms with Crippen LogP contribution >= 0.6 is 0 Å². The minimum Gasteiger partial charge on any atom is -0.396 e. The summed E-state index contributed by atoms with van der Waals surface area (Å²) in [6.45, 7) is 17.3. The second kappa shape index (κ2) is 12.6. The summed E-state index contributed by atoms with van der Waals surface area (Å²) in [6, 6.07) is 0. The molecule has 0 aromatic carbocycles. The fourth-order valence-electron chi connectivity index (χ4n) is 5.63. The van der Waals surface area contributed by atoms with Crippen molar-refractivity contribution >= 4 is 5.78 Å². The molecule has 0 radical (unpaired) electrons. The number of hydrogen-bond acceptors (Lipinski definition) is 4. The van der Waals surface area contributed by atoms with Gasteiger partial charge in [0.05, 0.1) is 6.10 Å². The molecule has 1 unspecified atom stereocenters. The Morgan fingerprint density at radius 3 is 1.51 bits per heavy atom. The first kappa shape index (κ1) is 31.7. The molecule has 210 valence electrons. The smallest absolute Gasteiger partial charge is 0.184 e. The summed E-state index contributed by atoms with van der Waals surface area (Å²) in [4.78, 5) is 13.3. The molecule has 0 amide bonds. The van der Waals surface area contributed by atoms with Crippen molar-refractivity contribution in [1.29, 1.82) is 0 Å². The van der Waals surface area contributed by atoms with Gasteiger partial charge in [0.1, 0.15) is 0 Å². The van der Waals surface area contributed by atoms with Crippen LogP contribution in [-0.4, -0.2) is 40.4 Å². The number of ketones is 1. The summed E-state index contributed by atoms with van der Waals surface area (Å²) in [5.41, 5.74) is 3.50. The highest BCUT2D eigenvalue weighted by Gasteiger charge is 2.29. The lowest BCUT2D eigenvalue weighted by Crippen LogP contribution is -2.24. The van der Waals surface area contributed by atoms with Crippen molar-refractivity contribution in [3.05, 3.63) is 46.6 Å². The van der Waals surface area contributed by atoms with Crippen LogP contribution in [-0.2, 0) is 4.79 Å². The van der Waals surface area contributed by atoms with Crippen molar-refractivity contribution in [1.82, 2.24) is 0 Å². The number of aliphatic hydroxyl groups excluding tert-OH is 3. The fraction of sp³-hybridized carbons (Fsp3) is 0.727. The van der Waals surface area contributed by atoms with E-state index in [1.54, 1.807) is 0 Å². The Kier molecular flexibility index (Phi) is 10.8. The molecule has 4 nitrogen and oxygen atoms in total. The van der Waals surface area contributed by atoms with Crippen molar-refractivity contribution < 1.29 is 20.1 Å². The molecule has 2 aliphatic carbocycles. The van der Waals surface area contributed by atoms with E-state index in [0.29, 0.717) is 0 Å². The topological polar surface area (TPSA) is 77.8 Å². The first-order chi connectivity index (χ1) is 17.0. The quantitative estimate of drug-likeness (QED) is 0.213. The van der Waals surface area contributed by atoms with Gasteiger partial charge >= 0.3 is 0 Å². The van der Waals surface area contributed by atoms with E-state index in [2.05, 4.69) is 79.7 Å². The Hall–Kier alpha value is -1.49. The molecule has 0 spiro atoms. The van der Waals surface area contributed by atoms with E-state index in [-0.39, 0.29) is 40.7 Å². The van der Waals surface area contributed by atoms with E-state index >= 15 is 0 Å². The van der Waals surface area contributed by atoms with E-state index in [1.807, 2.05) is 0 Å². The molecule has 0 aromatic rings. The van der Waals surface area contributed by atoms with Crippen LogP contribution in [0.5, 0.6) is 0 Å². The van der Waals surface area contributed by atoms with Gasteiger partial charge in [-0.15, -0.1) is 0 Å². The Bertz CT molecular complexity index is 924. The van der Waals surface area contributed by atoms with Crippen molar-refractivity contribution in [3.8, 4) is 0 Å². The lowest BCUT2D eigenvalue weighted by atomic mass is 9.76. The number of allylic oxidation sites excluding steroid dienone is 6. The predicted octanol–water partition coefficient (Wildman–Crippen LogP) is 7.25. The highest BCUT2D eigenvalue weighted by molar-refractivity contribution is 6.09. The van der Waals surface area contributed by atoms with Crippen LogP contribution < -0.4 is 0 Å². The molecule has 0 heterocycles. The Morgan fingerprint density at radius 1 is 0.676 bits per heavy atom. The van der Waals surface area contributed by atoms with E-state index in [9.17, 15) is 20.1 Å². The number of hydrogen-bond donors (Lipinski definition) is 3. The molecule has 0 bridgehead atoms. The van der Waals surface area contributed by atoms with Crippen LogP contribution in [0.25, 0.3) is 0 Å². The maximum Gasteiger partial charge on any atom is 0.184 e. The molecule has 0 saturated heterocycles. The molecule has 3 N–H and O–H groups in total. The molecular weight excluding hydrogens is 460 g/mol.